The van der Waals surface area contributed by atoms with E-state index in [9.17, 15) is 4.79 Å². The van der Waals surface area contributed by atoms with Crippen molar-refractivity contribution in [1.82, 2.24) is 4.90 Å². The minimum atomic E-state index is -0.202. The van der Waals surface area contributed by atoms with Crippen LogP contribution in [0.2, 0.25) is 0 Å². The fourth-order valence-corrected chi connectivity index (χ4v) is 3.11. The van der Waals surface area contributed by atoms with Crippen molar-refractivity contribution in [3.63, 3.8) is 0 Å². The summed E-state index contributed by atoms with van der Waals surface area (Å²) in [7, 11) is 0. The van der Waals surface area contributed by atoms with Gasteiger partial charge in [-0.25, -0.2) is 0 Å². The Hall–Kier alpha value is -2.69. The van der Waals surface area contributed by atoms with Gasteiger partial charge in [-0.3, -0.25) is 4.79 Å². The minimum absolute atomic E-state index is 0.0591. The van der Waals surface area contributed by atoms with Crippen LogP contribution in [-0.2, 0) is 0 Å². The Morgan fingerprint density at radius 2 is 2.00 bits per heavy atom. The van der Waals surface area contributed by atoms with E-state index in [0.29, 0.717) is 6.54 Å². The highest BCUT2D eigenvalue weighted by Gasteiger charge is 2.32. The van der Waals surface area contributed by atoms with Crippen molar-refractivity contribution in [2.75, 3.05) is 18.7 Å². The molecule has 5 nitrogen and oxygen atoms in total. The molecule has 0 unspecified atom stereocenters. The molecule has 2 heterocycles. The lowest BCUT2D eigenvalue weighted by atomic mass is 10.0. The zero-order valence-corrected chi connectivity index (χ0v) is 12.9. The molecule has 0 spiro atoms. The first kappa shape index (κ1) is 13.9. The Balaban J connectivity index is 1.75. The lowest BCUT2D eigenvalue weighted by molar-refractivity contribution is 0.0683. The van der Waals surface area contributed by atoms with Crippen molar-refractivity contribution in [1.29, 1.82) is 0 Å². The molecule has 23 heavy (non-hydrogen) atoms. The Kier molecular flexibility index (Phi) is 3.33. The molecule has 0 bridgehead atoms. The Morgan fingerprint density at radius 1 is 1.17 bits per heavy atom. The van der Waals surface area contributed by atoms with Gasteiger partial charge in [-0.05, 0) is 36.2 Å². The maximum Gasteiger partial charge on any atom is 0.257 e. The number of nitrogens with zero attached hydrogens (tertiary/aromatic N) is 1. The van der Waals surface area contributed by atoms with E-state index in [4.69, 9.17) is 9.47 Å². The minimum Gasteiger partial charge on any atom is -0.454 e. The van der Waals surface area contributed by atoms with Gasteiger partial charge in [0.1, 0.15) is 6.17 Å². The molecule has 2 aromatic carbocycles. The van der Waals surface area contributed by atoms with Crippen LogP contribution in [0.1, 0.15) is 35.4 Å². The second-order valence-corrected chi connectivity index (χ2v) is 5.70. The molecule has 0 fully saturated rings. The SMILES string of the molecule is CCCN1C(=O)c2ccccc2N[C@@H]1c1ccc2c(c1)OCO2. The molecule has 2 aliphatic rings. The van der Waals surface area contributed by atoms with Crippen LogP contribution in [0.5, 0.6) is 11.5 Å². The fraction of sp³-hybridized carbons (Fsp3) is 0.278. The maximum absolute atomic E-state index is 12.9. The summed E-state index contributed by atoms with van der Waals surface area (Å²) in [6.45, 7) is 3.01. The summed E-state index contributed by atoms with van der Waals surface area (Å²) in [5, 5.41) is 3.48. The van der Waals surface area contributed by atoms with Crippen LogP contribution in [-0.4, -0.2) is 24.1 Å². The van der Waals surface area contributed by atoms with Crippen molar-refractivity contribution in [3.8, 4) is 11.5 Å². The molecular formula is C18H18N2O3. The van der Waals surface area contributed by atoms with Gasteiger partial charge < -0.3 is 19.7 Å². The zero-order chi connectivity index (χ0) is 15.8. The summed E-state index contributed by atoms with van der Waals surface area (Å²) >= 11 is 0. The van der Waals surface area contributed by atoms with Crippen LogP contribution in [0.25, 0.3) is 0 Å². The summed E-state index contributed by atoms with van der Waals surface area (Å²) in [5.74, 6) is 1.54. The smallest absolute Gasteiger partial charge is 0.257 e. The van der Waals surface area contributed by atoms with Crippen LogP contribution in [0.4, 0.5) is 5.69 Å². The second kappa shape index (κ2) is 5.50. The molecule has 1 atom stereocenters. The number of ether oxygens (including phenoxy) is 2. The molecule has 0 saturated carbocycles. The number of para-hydroxylation sites is 1. The van der Waals surface area contributed by atoms with Crippen LogP contribution < -0.4 is 14.8 Å². The molecular weight excluding hydrogens is 292 g/mol. The molecule has 0 saturated heterocycles. The van der Waals surface area contributed by atoms with E-state index in [-0.39, 0.29) is 18.9 Å². The summed E-state index contributed by atoms with van der Waals surface area (Å²) in [6, 6.07) is 13.5. The molecule has 2 aromatic rings. The molecule has 1 amide bonds. The first-order valence-corrected chi connectivity index (χ1v) is 7.84. The topological polar surface area (TPSA) is 50.8 Å². The van der Waals surface area contributed by atoms with Gasteiger partial charge in [0, 0.05) is 12.2 Å². The van der Waals surface area contributed by atoms with Gasteiger partial charge >= 0.3 is 0 Å². The van der Waals surface area contributed by atoms with E-state index < -0.39 is 0 Å². The van der Waals surface area contributed by atoms with Crippen molar-refractivity contribution >= 4 is 11.6 Å². The zero-order valence-electron chi connectivity index (χ0n) is 12.9. The maximum atomic E-state index is 12.9. The van der Waals surface area contributed by atoms with Crippen LogP contribution in [0.15, 0.2) is 42.5 Å². The number of hydrogen-bond acceptors (Lipinski definition) is 4. The fourth-order valence-electron chi connectivity index (χ4n) is 3.11. The Morgan fingerprint density at radius 3 is 2.87 bits per heavy atom. The first-order valence-electron chi connectivity index (χ1n) is 7.84. The number of carbonyl (C=O) groups is 1. The van der Waals surface area contributed by atoms with Crippen molar-refractivity contribution in [2.24, 2.45) is 0 Å². The lowest BCUT2D eigenvalue weighted by Crippen LogP contribution is -2.43. The number of rotatable bonds is 3. The van der Waals surface area contributed by atoms with E-state index in [2.05, 4.69) is 12.2 Å². The summed E-state index contributed by atoms with van der Waals surface area (Å²) in [6.07, 6.45) is 0.697. The predicted molar refractivity (Wildman–Crippen MR) is 86.7 cm³/mol. The van der Waals surface area contributed by atoms with Gasteiger partial charge in [0.15, 0.2) is 11.5 Å². The first-order chi connectivity index (χ1) is 11.3. The molecule has 0 radical (unpaired) electrons. The normalized spacial score (nSPS) is 18.6. The predicted octanol–water partition coefficient (Wildman–Crippen LogP) is 3.39. The third-order valence-electron chi connectivity index (χ3n) is 4.20. The average Bonchev–Trinajstić information content (AvgIpc) is 3.05. The quantitative estimate of drug-likeness (QED) is 0.944. The number of hydrogen-bond donors (Lipinski definition) is 1. The van der Waals surface area contributed by atoms with E-state index in [0.717, 1.165) is 34.7 Å². The molecule has 4 rings (SSSR count). The van der Waals surface area contributed by atoms with Crippen molar-refractivity contribution in [2.45, 2.75) is 19.5 Å². The summed E-state index contributed by atoms with van der Waals surface area (Å²) in [5.41, 5.74) is 2.58. The third kappa shape index (κ3) is 2.29. The van der Waals surface area contributed by atoms with E-state index in [1.165, 1.54) is 0 Å². The van der Waals surface area contributed by atoms with E-state index in [1.807, 2.05) is 47.4 Å². The molecule has 0 aliphatic carbocycles. The van der Waals surface area contributed by atoms with Gasteiger partial charge in [0.05, 0.1) is 5.56 Å². The van der Waals surface area contributed by atoms with Gasteiger partial charge in [-0.2, -0.15) is 0 Å². The number of nitrogens with one attached hydrogen (secondary N) is 1. The van der Waals surface area contributed by atoms with E-state index in [1.54, 1.807) is 0 Å². The van der Waals surface area contributed by atoms with Crippen molar-refractivity contribution in [3.05, 3.63) is 53.6 Å². The molecule has 5 heteroatoms. The number of anilines is 1. The highest BCUT2D eigenvalue weighted by molar-refractivity contribution is 6.01. The number of amides is 1. The van der Waals surface area contributed by atoms with Gasteiger partial charge in [0.2, 0.25) is 6.79 Å². The molecule has 118 valence electrons. The highest BCUT2D eigenvalue weighted by Crippen LogP contribution is 2.38. The molecule has 2 aliphatic heterocycles. The van der Waals surface area contributed by atoms with Gasteiger partial charge in [0.25, 0.3) is 5.91 Å². The van der Waals surface area contributed by atoms with Crippen LogP contribution in [0.3, 0.4) is 0 Å². The van der Waals surface area contributed by atoms with Crippen LogP contribution in [0, 0.1) is 0 Å². The standard InChI is InChI=1S/C18H18N2O3/c1-2-9-20-17(12-7-8-15-16(10-12)23-11-22-15)19-14-6-4-3-5-13(14)18(20)21/h3-8,10,17,19H,2,9,11H2,1H3/t17-/m0/s1. The monoisotopic (exact) mass is 310 g/mol. The van der Waals surface area contributed by atoms with Gasteiger partial charge in [-0.1, -0.05) is 25.1 Å². The molecule has 1 N–H and O–H groups in total. The Labute approximate surface area is 134 Å². The van der Waals surface area contributed by atoms with E-state index >= 15 is 0 Å². The summed E-state index contributed by atoms with van der Waals surface area (Å²) < 4.78 is 10.8. The largest absolute Gasteiger partial charge is 0.454 e. The average molecular weight is 310 g/mol. The molecule has 0 aromatic heterocycles. The lowest BCUT2D eigenvalue weighted by Gasteiger charge is -2.38. The number of carbonyl (C=O) groups excluding carboxylic acids is 1. The number of benzene rings is 2. The van der Waals surface area contributed by atoms with Gasteiger partial charge in [-0.15, -0.1) is 0 Å². The number of fused-ring (bicyclic) bond motifs is 2. The summed E-state index contributed by atoms with van der Waals surface area (Å²) in [4.78, 5) is 14.7. The highest BCUT2D eigenvalue weighted by atomic mass is 16.7. The van der Waals surface area contributed by atoms with Crippen LogP contribution >= 0.6 is 0 Å². The third-order valence-corrected chi connectivity index (χ3v) is 4.20. The Bertz CT molecular complexity index is 760. The van der Waals surface area contributed by atoms with Crippen molar-refractivity contribution < 1.29 is 14.3 Å². The second-order valence-electron chi connectivity index (χ2n) is 5.70.